The van der Waals surface area contributed by atoms with Crippen molar-refractivity contribution < 1.29 is 14.6 Å². The average molecular weight is 282 g/mol. The van der Waals surface area contributed by atoms with E-state index >= 15 is 0 Å². The molecule has 0 aliphatic heterocycles. The Labute approximate surface area is 121 Å². The van der Waals surface area contributed by atoms with Crippen LogP contribution in [0, 0.1) is 0 Å². The fourth-order valence-corrected chi connectivity index (χ4v) is 1.98. The highest BCUT2D eigenvalue weighted by atomic mass is 16.5. The Kier molecular flexibility index (Phi) is 8.22. The van der Waals surface area contributed by atoms with E-state index in [1.165, 1.54) is 0 Å². The molecule has 1 unspecified atom stereocenters. The normalized spacial score (nSPS) is 12.7. The minimum Gasteiger partial charge on any atom is -0.491 e. The molecule has 114 valence electrons. The van der Waals surface area contributed by atoms with Gasteiger partial charge >= 0.3 is 0 Å². The summed E-state index contributed by atoms with van der Waals surface area (Å²) < 4.78 is 10.6. The minimum atomic E-state index is -0.520. The Morgan fingerprint density at radius 2 is 2.10 bits per heavy atom. The third-order valence-electron chi connectivity index (χ3n) is 3.03. The lowest BCUT2D eigenvalue weighted by Crippen LogP contribution is -2.34. The molecule has 1 aromatic carbocycles. The Bertz CT molecular complexity index is 374. The molecule has 0 aromatic heterocycles. The van der Waals surface area contributed by atoms with Gasteiger partial charge in [-0.25, -0.2) is 0 Å². The summed E-state index contributed by atoms with van der Waals surface area (Å²) in [7, 11) is 3.67. The fraction of sp³-hybridized carbons (Fsp3) is 0.600. The first-order valence-electron chi connectivity index (χ1n) is 6.93. The monoisotopic (exact) mass is 282 g/mol. The molecule has 0 saturated heterocycles. The molecule has 0 aliphatic carbocycles. The van der Waals surface area contributed by atoms with Gasteiger partial charge in [-0.05, 0) is 19.5 Å². The number of hydrogen-bond donors (Lipinski definition) is 2. The van der Waals surface area contributed by atoms with Gasteiger partial charge < -0.3 is 25.2 Å². The number of ether oxygens (including phenoxy) is 2. The van der Waals surface area contributed by atoms with Crippen LogP contribution in [0.4, 0.5) is 0 Å². The highest BCUT2D eigenvalue weighted by Crippen LogP contribution is 2.17. The van der Waals surface area contributed by atoms with E-state index in [0.29, 0.717) is 13.1 Å². The van der Waals surface area contributed by atoms with E-state index in [-0.39, 0.29) is 6.61 Å². The molecule has 0 amide bonds. The summed E-state index contributed by atoms with van der Waals surface area (Å²) >= 11 is 0. The zero-order valence-corrected chi connectivity index (χ0v) is 12.4. The highest BCUT2D eigenvalue weighted by molar-refractivity contribution is 5.32. The number of para-hydroxylation sites is 1. The summed E-state index contributed by atoms with van der Waals surface area (Å²) in [5.74, 6) is 0.746. The van der Waals surface area contributed by atoms with Crippen LogP contribution in [0.5, 0.6) is 5.75 Å². The van der Waals surface area contributed by atoms with Gasteiger partial charge in [-0.15, -0.1) is 0 Å². The molecular formula is C15H26N2O3. The van der Waals surface area contributed by atoms with E-state index < -0.39 is 6.10 Å². The van der Waals surface area contributed by atoms with Crippen LogP contribution in [0.2, 0.25) is 0 Å². The van der Waals surface area contributed by atoms with E-state index in [9.17, 15) is 5.11 Å². The second kappa shape index (κ2) is 9.72. The molecule has 0 heterocycles. The topological polar surface area (TPSA) is 68.0 Å². The van der Waals surface area contributed by atoms with Gasteiger partial charge in [-0.2, -0.15) is 0 Å². The maximum Gasteiger partial charge on any atom is 0.123 e. The number of likely N-dealkylation sites (N-methyl/N-ethyl adjacent to an activating group) is 1. The zero-order chi connectivity index (χ0) is 14.8. The third kappa shape index (κ3) is 6.34. The summed E-state index contributed by atoms with van der Waals surface area (Å²) in [6, 6.07) is 7.63. The summed E-state index contributed by atoms with van der Waals surface area (Å²) in [6.45, 7) is 2.91. The van der Waals surface area contributed by atoms with E-state index in [2.05, 4.69) is 4.90 Å². The largest absolute Gasteiger partial charge is 0.491 e. The van der Waals surface area contributed by atoms with Gasteiger partial charge in [0.05, 0.1) is 0 Å². The number of methoxy groups -OCH3 is 1. The van der Waals surface area contributed by atoms with Gasteiger partial charge in [-0.3, -0.25) is 0 Å². The lowest BCUT2D eigenvalue weighted by Gasteiger charge is -2.21. The Morgan fingerprint density at radius 1 is 1.35 bits per heavy atom. The molecule has 20 heavy (non-hydrogen) atoms. The molecule has 1 rings (SSSR count). The van der Waals surface area contributed by atoms with Crippen LogP contribution >= 0.6 is 0 Å². The van der Waals surface area contributed by atoms with Crippen molar-refractivity contribution in [2.75, 3.05) is 40.5 Å². The van der Waals surface area contributed by atoms with Crippen molar-refractivity contribution in [1.82, 2.24) is 4.90 Å². The second-order valence-electron chi connectivity index (χ2n) is 4.89. The van der Waals surface area contributed by atoms with Crippen LogP contribution in [0.15, 0.2) is 24.3 Å². The quantitative estimate of drug-likeness (QED) is 0.623. The number of rotatable bonds is 10. The molecule has 1 aromatic rings. The van der Waals surface area contributed by atoms with Crippen molar-refractivity contribution in [2.24, 2.45) is 5.73 Å². The van der Waals surface area contributed by atoms with Gasteiger partial charge in [0, 0.05) is 38.9 Å². The first kappa shape index (κ1) is 16.9. The fourth-order valence-electron chi connectivity index (χ4n) is 1.98. The summed E-state index contributed by atoms with van der Waals surface area (Å²) in [5.41, 5.74) is 6.60. The maximum atomic E-state index is 9.97. The lowest BCUT2D eigenvalue weighted by molar-refractivity contribution is 0.0728. The predicted molar refractivity (Wildman–Crippen MR) is 79.8 cm³/mol. The Balaban J connectivity index is 2.30. The average Bonchev–Trinajstić information content (AvgIpc) is 2.45. The van der Waals surface area contributed by atoms with Crippen LogP contribution in [-0.4, -0.2) is 56.6 Å². The zero-order valence-electron chi connectivity index (χ0n) is 12.4. The highest BCUT2D eigenvalue weighted by Gasteiger charge is 2.10. The molecule has 0 bridgehead atoms. The smallest absolute Gasteiger partial charge is 0.123 e. The van der Waals surface area contributed by atoms with Gasteiger partial charge in [0.2, 0.25) is 0 Å². The van der Waals surface area contributed by atoms with Crippen LogP contribution in [0.25, 0.3) is 0 Å². The number of benzene rings is 1. The Morgan fingerprint density at radius 3 is 2.80 bits per heavy atom. The Hall–Kier alpha value is -1.14. The van der Waals surface area contributed by atoms with Gasteiger partial charge in [0.1, 0.15) is 18.5 Å². The van der Waals surface area contributed by atoms with E-state index in [1.54, 1.807) is 7.11 Å². The second-order valence-corrected chi connectivity index (χ2v) is 4.89. The molecule has 0 fully saturated rings. The number of nitrogens with two attached hydrogens (primary N) is 1. The van der Waals surface area contributed by atoms with E-state index in [1.807, 2.05) is 31.3 Å². The van der Waals surface area contributed by atoms with Crippen molar-refractivity contribution in [3.8, 4) is 5.75 Å². The molecule has 3 N–H and O–H groups in total. The molecule has 1 atom stereocenters. The maximum absolute atomic E-state index is 9.97. The van der Waals surface area contributed by atoms with Crippen LogP contribution in [0.3, 0.4) is 0 Å². The van der Waals surface area contributed by atoms with Crippen molar-refractivity contribution in [3.05, 3.63) is 29.8 Å². The molecule has 5 nitrogen and oxygen atoms in total. The lowest BCUT2D eigenvalue weighted by atomic mass is 10.2. The van der Waals surface area contributed by atoms with Crippen LogP contribution in [0.1, 0.15) is 12.0 Å². The first-order chi connectivity index (χ1) is 9.67. The van der Waals surface area contributed by atoms with Gasteiger partial charge in [0.25, 0.3) is 0 Å². The predicted octanol–water partition coefficient (Wildman–Crippen LogP) is 0.853. The van der Waals surface area contributed by atoms with Crippen molar-refractivity contribution in [1.29, 1.82) is 0 Å². The van der Waals surface area contributed by atoms with Crippen molar-refractivity contribution >= 4 is 0 Å². The number of nitrogens with zero attached hydrogens (tertiary/aromatic N) is 1. The van der Waals surface area contributed by atoms with Crippen molar-refractivity contribution in [3.63, 3.8) is 0 Å². The molecular weight excluding hydrogens is 256 g/mol. The molecule has 0 radical (unpaired) electrons. The number of aliphatic hydroxyl groups is 1. The summed E-state index contributed by atoms with van der Waals surface area (Å²) in [5, 5.41) is 9.97. The standard InChI is InChI=1S/C15H26N2O3/c1-17(8-5-9-19-2)11-14(18)12-20-15-7-4-3-6-13(15)10-16/h3-4,6-7,14,18H,5,8-12,16H2,1-2H3. The van der Waals surface area contributed by atoms with E-state index in [4.69, 9.17) is 15.2 Å². The molecule has 0 saturated carbocycles. The van der Waals surface area contributed by atoms with Crippen LogP contribution < -0.4 is 10.5 Å². The first-order valence-corrected chi connectivity index (χ1v) is 6.93. The summed E-state index contributed by atoms with van der Waals surface area (Å²) in [4.78, 5) is 2.07. The molecule has 0 spiro atoms. The SMILES string of the molecule is COCCCN(C)CC(O)COc1ccccc1CN. The third-order valence-corrected chi connectivity index (χ3v) is 3.03. The van der Waals surface area contributed by atoms with Crippen molar-refractivity contribution in [2.45, 2.75) is 19.1 Å². The molecule has 0 aliphatic rings. The van der Waals surface area contributed by atoms with Crippen LogP contribution in [-0.2, 0) is 11.3 Å². The van der Waals surface area contributed by atoms with E-state index in [0.717, 1.165) is 30.9 Å². The number of aliphatic hydroxyl groups excluding tert-OH is 1. The molecule has 5 heteroatoms. The van der Waals surface area contributed by atoms with Gasteiger partial charge in [0.15, 0.2) is 0 Å². The van der Waals surface area contributed by atoms with Gasteiger partial charge in [-0.1, -0.05) is 18.2 Å². The number of hydrogen-bond acceptors (Lipinski definition) is 5. The summed E-state index contributed by atoms with van der Waals surface area (Å²) in [6.07, 6.45) is 0.435. The minimum absolute atomic E-state index is 0.269.